The fraction of sp³-hybridized carbons (Fsp3) is 0.571. The third-order valence-electron chi connectivity index (χ3n) is 3.59. The van der Waals surface area contributed by atoms with Crippen LogP contribution >= 0.6 is 7.26 Å². The molecule has 0 unspecified atom stereocenters. The molecule has 16 heavy (non-hydrogen) atoms. The van der Waals surface area contributed by atoms with Crippen molar-refractivity contribution in [3.63, 3.8) is 0 Å². The SMILES string of the molecule is CC[P+](CC)(CC)CCOc1ccccc1. The summed E-state index contributed by atoms with van der Waals surface area (Å²) in [4.78, 5) is 0. The number of ether oxygens (including phenoxy) is 1. The van der Waals surface area contributed by atoms with Crippen LogP contribution in [-0.4, -0.2) is 31.3 Å². The van der Waals surface area contributed by atoms with Gasteiger partial charge in [-0.3, -0.25) is 0 Å². The number of hydrogen-bond donors (Lipinski definition) is 0. The minimum absolute atomic E-state index is 0.701. The van der Waals surface area contributed by atoms with E-state index in [2.05, 4.69) is 20.8 Å². The highest BCUT2D eigenvalue weighted by molar-refractivity contribution is 7.75. The molecule has 1 nitrogen and oxygen atoms in total. The summed E-state index contributed by atoms with van der Waals surface area (Å²) < 4.78 is 5.79. The first-order chi connectivity index (χ1) is 7.76. The third-order valence-corrected chi connectivity index (χ3v) is 8.75. The number of benzene rings is 1. The van der Waals surface area contributed by atoms with Crippen LogP contribution in [0.25, 0.3) is 0 Å². The Hall–Kier alpha value is -0.550. The van der Waals surface area contributed by atoms with E-state index in [-0.39, 0.29) is 0 Å². The molecule has 0 bridgehead atoms. The molecule has 0 spiro atoms. The van der Waals surface area contributed by atoms with Crippen molar-refractivity contribution in [2.24, 2.45) is 0 Å². The van der Waals surface area contributed by atoms with Crippen LogP contribution in [0.15, 0.2) is 30.3 Å². The molecule has 0 aliphatic carbocycles. The van der Waals surface area contributed by atoms with Gasteiger partial charge in [-0.2, -0.15) is 0 Å². The van der Waals surface area contributed by atoms with E-state index in [1.165, 1.54) is 24.6 Å². The van der Waals surface area contributed by atoms with Crippen molar-refractivity contribution in [1.29, 1.82) is 0 Å². The monoisotopic (exact) mass is 239 g/mol. The smallest absolute Gasteiger partial charge is 0.122 e. The van der Waals surface area contributed by atoms with Crippen molar-refractivity contribution in [2.75, 3.05) is 31.3 Å². The van der Waals surface area contributed by atoms with Crippen molar-refractivity contribution in [1.82, 2.24) is 0 Å². The number of para-hydroxylation sites is 1. The van der Waals surface area contributed by atoms with Crippen LogP contribution in [0.3, 0.4) is 0 Å². The minimum atomic E-state index is -0.701. The minimum Gasteiger partial charge on any atom is -0.490 e. The lowest BCUT2D eigenvalue weighted by molar-refractivity contribution is 0.342. The zero-order chi connectivity index (χ0) is 11.9. The van der Waals surface area contributed by atoms with E-state index >= 15 is 0 Å². The summed E-state index contributed by atoms with van der Waals surface area (Å²) in [5, 5.41) is 0. The van der Waals surface area contributed by atoms with Crippen molar-refractivity contribution in [3.8, 4) is 5.75 Å². The highest BCUT2D eigenvalue weighted by atomic mass is 31.2. The van der Waals surface area contributed by atoms with E-state index in [9.17, 15) is 0 Å². The Morgan fingerprint density at radius 1 is 0.938 bits per heavy atom. The van der Waals surface area contributed by atoms with E-state index in [1.807, 2.05) is 30.3 Å². The first-order valence-electron chi connectivity index (χ1n) is 6.29. The van der Waals surface area contributed by atoms with Crippen LogP contribution in [-0.2, 0) is 0 Å². The van der Waals surface area contributed by atoms with Crippen molar-refractivity contribution < 1.29 is 4.74 Å². The molecule has 0 aliphatic rings. The van der Waals surface area contributed by atoms with Crippen LogP contribution in [0.5, 0.6) is 5.75 Å². The third kappa shape index (κ3) is 3.79. The molecule has 0 aliphatic heterocycles. The molecule has 0 saturated carbocycles. The fourth-order valence-electron chi connectivity index (χ4n) is 2.02. The number of hydrogen-bond acceptors (Lipinski definition) is 1. The van der Waals surface area contributed by atoms with Gasteiger partial charge in [-0.1, -0.05) is 18.2 Å². The van der Waals surface area contributed by atoms with E-state index in [0.29, 0.717) is 0 Å². The maximum absolute atomic E-state index is 5.79. The number of rotatable bonds is 7. The van der Waals surface area contributed by atoms with Gasteiger partial charge < -0.3 is 4.74 Å². The molecule has 0 heterocycles. The van der Waals surface area contributed by atoms with E-state index < -0.39 is 7.26 Å². The summed E-state index contributed by atoms with van der Waals surface area (Å²) in [6.45, 7) is 7.89. The first kappa shape index (κ1) is 13.5. The summed E-state index contributed by atoms with van der Waals surface area (Å²) in [5.74, 6) is 1.00. The zero-order valence-corrected chi connectivity index (χ0v) is 11.7. The second-order valence-electron chi connectivity index (χ2n) is 4.18. The average molecular weight is 239 g/mol. The van der Waals surface area contributed by atoms with Gasteiger partial charge in [0.1, 0.15) is 12.4 Å². The lowest BCUT2D eigenvalue weighted by atomic mass is 10.3. The molecule has 0 saturated heterocycles. The summed E-state index contributed by atoms with van der Waals surface area (Å²) in [7, 11) is -0.701. The Balaban J connectivity index is 2.39. The summed E-state index contributed by atoms with van der Waals surface area (Å²) in [5.41, 5.74) is 0. The van der Waals surface area contributed by atoms with E-state index in [1.54, 1.807) is 0 Å². The maximum atomic E-state index is 5.79. The van der Waals surface area contributed by atoms with Gasteiger partial charge >= 0.3 is 0 Å². The molecular weight excluding hydrogens is 215 g/mol. The standard InChI is InChI=1S/C14H24OP/c1-4-16(5-2,6-3)13-12-15-14-10-8-7-9-11-14/h7-11H,4-6,12-13H2,1-3H3/q+1. The predicted octanol–water partition coefficient (Wildman–Crippen LogP) is 4.14. The molecule has 2 heteroatoms. The van der Waals surface area contributed by atoms with Crippen LogP contribution < -0.4 is 4.74 Å². The highest BCUT2D eigenvalue weighted by Gasteiger charge is 2.30. The van der Waals surface area contributed by atoms with Crippen molar-refractivity contribution in [2.45, 2.75) is 20.8 Å². The molecule has 1 rings (SSSR count). The fourth-order valence-corrected chi connectivity index (χ4v) is 4.79. The normalized spacial score (nSPS) is 11.4. The Kier molecular flexibility index (Phi) is 5.84. The van der Waals surface area contributed by atoms with Crippen LogP contribution in [0.1, 0.15) is 20.8 Å². The van der Waals surface area contributed by atoms with Crippen molar-refractivity contribution in [3.05, 3.63) is 30.3 Å². The molecule has 0 N–H and O–H groups in total. The lowest BCUT2D eigenvalue weighted by Crippen LogP contribution is -2.13. The van der Waals surface area contributed by atoms with E-state index in [0.717, 1.165) is 12.4 Å². The zero-order valence-electron chi connectivity index (χ0n) is 10.8. The van der Waals surface area contributed by atoms with Gasteiger partial charge in [-0.25, -0.2) is 0 Å². The van der Waals surface area contributed by atoms with Gasteiger partial charge in [0, 0.05) is 7.26 Å². The van der Waals surface area contributed by atoms with Crippen molar-refractivity contribution >= 4 is 7.26 Å². The Morgan fingerprint density at radius 3 is 2.00 bits per heavy atom. The first-order valence-corrected chi connectivity index (χ1v) is 8.82. The van der Waals surface area contributed by atoms with Crippen LogP contribution in [0.4, 0.5) is 0 Å². The second-order valence-corrected chi connectivity index (χ2v) is 9.20. The highest BCUT2D eigenvalue weighted by Crippen LogP contribution is 2.57. The van der Waals surface area contributed by atoms with Gasteiger partial charge in [0.15, 0.2) is 0 Å². The summed E-state index contributed by atoms with van der Waals surface area (Å²) in [6.07, 6.45) is 5.35. The largest absolute Gasteiger partial charge is 0.490 e. The molecule has 1 aromatic carbocycles. The predicted molar refractivity (Wildman–Crippen MR) is 75.3 cm³/mol. The average Bonchev–Trinajstić information content (AvgIpc) is 2.37. The van der Waals surface area contributed by atoms with Gasteiger partial charge in [0.05, 0.1) is 24.6 Å². The Morgan fingerprint density at radius 2 is 1.50 bits per heavy atom. The molecule has 0 aromatic heterocycles. The molecule has 1 aromatic rings. The summed E-state index contributed by atoms with van der Waals surface area (Å²) in [6, 6.07) is 10.1. The van der Waals surface area contributed by atoms with Gasteiger partial charge in [-0.05, 0) is 32.9 Å². The quantitative estimate of drug-likeness (QED) is 0.650. The Labute approximate surface area is 101 Å². The Bertz CT molecular complexity index is 272. The molecule has 0 radical (unpaired) electrons. The molecule has 0 fully saturated rings. The lowest BCUT2D eigenvalue weighted by Gasteiger charge is -2.23. The topological polar surface area (TPSA) is 9.23 Å². The van der Waals surface area contributed by atoms with Crippen LogP contribution in [0.2, 0.25) is 0 Å². The summed E-state index contributed by atoms with van der Waals surface area (Å²) >= 11 is 0. The second kappa shape index (κ2) is 6.91. The molecule has 0 amide bonds. The molecular formula is C14H24OP+. The van der Waals surface area contributed by atoms with Gasteiger partial charge in [0.25, 0.3) is 0 Å². The van der Waals surface area contributed by atoms with E-state index in [4.69, 9.17) is 4.74 Å². The van der Waals surface area contributed by atoms with Crippen LogP contribution in [0, 0.1) is 0 Å². The van der Waals surface area contributed by atoms with Gasteiger partial charge in [-0.15, -0.1) is 0 Å². The maximum Gasteiger partial charge on any atom is 0.122 e. The molecule has 90 valence electrons. The van der Waals surface area contributed by atoms with Gasteiger partial charge in [0.2, 0.25) is 0 Å². The molecule has 0 atom stereocenters.